The summed E-state index contributed by atoms with van der Waals surface area (Å²) in [7, 11) is -1.17. The standard InChI is InChI=1S/CH5BO2.ClH/c1-2(3)4;/h3-4H,1H3;1H. The molecular weight excluding hydrogens is 90.3 g/mol. The molecule has 2 nitrogen and oxygen atoms in total. The number of hydrogen-bond donors (Lipinski definition) is 2. The summed E-state index contributed by atoms with van der Waals surface area (Å²) in [5, 5.41) is 15.2. The molecule has 4 heteroatoms. The van der Waals surface area contributed by atoms with Gasteiger partial charge in [0.15, 0.2) is 0 Å². The van der Waals surface area contributed by atoms with Crippen molar-refractivity contribution >= 4 is 19.5 Å². The van der Waals surface area contributed by atoms with E-state index in [1.807, 2.05) is 0 Å². The molecule has 0 saturated carbocycles. The minimum Gasteiger partial charge on any atom is -0.427 e. The van der Waals surface area contributed by atoms with E-state index in [1.54, 1.807) is 0 Å². The maximum Gasteiger partial charge on any atom is 0.448 e. The third-order valence-corrected chi connectivity index (χ3v) is 0. The predicted octanol–water partition coefficient (Wildman–Crippen LogP) is -0.489. The van der Waals surface area contributed by atoms with Crippen molar-refractivity contribution < 1.29 is 10.0 Å². The van der Waals surface area contributed by atoms with Gasteiger partial charge in [-0.2, -0.15) is 0 Å². The third-order valence-electron chi connectivity index (χ3n) is 0. The van der Waals surface area contributed by atoms with Crippen molar-refractivity contribution in [3.63, 3.8) is 0 Å². The SMILES string of the molecule is CB(O)O.Cl. The Balaban J connectivity index is 0. The first-order valence-corrected chi connectivity index (χ1v) is 1.09. The molecule has 0 unspecified atom stereocenters. The highest BCUT2D eigenvalue weighted by Gasteiger charge is 1.86. The number of rotatable bonds is 0. The third kappa shape index (κ3) is 293. The lowest BCUT2D eigenvalue weighted by Crippen LogP contribution is -2.00. The van der Waals surface area contributed by atoms with Gasteiger partial charge in [-0.05, 0) is 6.82 Å². The maximum absolute atomic E-state index is 7.61. The molecule has 0 aromatic rings. The van der Waals surface area contributed by atoms with Crippen molar-refractivity contribution in [3.05, 3.63) is 0 Å². The van der Waals surface area contributed by atoms with Gasteiger partial charge in [0.05, 0.1) is 0 Å². The molecule has 0 amide bonds. The van der Waals surface area contributed by atoms with E-state index in [9.17, 15) is 0 Å². The summed E-state index contributed by atoms with van der Waals surface area (Å²) in [6.07, 6.45) is 0. The smallest absolute Gasteiger partial charge is 0.427 e. The zero-order valence-corrected chi connectivity index (χ0v) is 3.70. The van der Waals surface area contributed by atoms with Crippen LogP contribution in [0.15, 0.2) is 0 Å². The molecule has 0 aromatic carbocycles. The van der Waals surface area contributed by atoms with Crippen LogP contribution in [0.2, 0.25) is 6.82 Å². The van der Waals surface area contributed by atoms with Crippen molar-refractivity contribution in [1.29, 1.82) is 0 Å². The van der Waals surface area contributed by atoms with Gasteiger partial charge in [0.1, 0.15) is 0 Å². The van der Waals surface area contributed by atoms with Crippen LogP contribution in [-0.4, -0.2) is 17.2 Å². The molecule has 0 rings (SSSR count). The van der Waals surface area contributed by atoms with Crippen LogP contribution < -0.4 is 0 Å². The Morgan fingerprint density at radius 1 is 1.40 bits per heavy atom. The molecule has 0 atom stereocenters. The Hall–Kier alpha value is 0.275. The molecule has 0 saturated heterocycles. The molecule has 0 aliphatic heterocycles. The Bertz CT molecular complexity index is 14.4. The van der Waals surface area contributed by atoms with E-state index in [0.717, 1.165) is 0 Å². The minimum atomic E-state index is -1.17. The minimum absolute atomic E-state index is 0. The molecule has 0 heterocycles. The van der Waals surface area contributed by atoms with E-state index >= 15 is 0 Å². The van der Waals surface area contributed by atoms with Crippen molar-refractivity contribution in [2.45, 2.75) is 6.82 Å². The van der Waals surface area contributed by atoms with Crippen molar-refractivity contribution in [2.75, 3.05) is 0 Å². The highest BCUT2D eigenvalue weighted by molar-refractivity contribution is 6.38. The number of halogens is 1. The van der Waals surface area contributed by atoms with Crippen LogP contribution in [0, 0.1) is 0 Å². The van der Waals surface area contributed by atoms with Gasteiger partial charge in [-0.25, -0.2) is 0 Å². The molecular formula is CH6BClO2. The summed E-state index contributed by atoms with van der Waals surface area (Å²) < 4.78 is 0. The van der Waals surface area contributed by atoms with Gasteiger partial charge in [-0.3, -0.25) is 0 Å². The molecule has 0 bridgehead atoms. The molecule has 5 heavy (non-hydrogen) atoms. The second-order valence-corrected chi connectivity index (χ2v) is 0.632. The van der Waals surface area contributed by atoms with E-state index in [1.165, 1.54) is 6.82 Å². The van der Waals surface area contributed by atoms with Gasteiger partial charge < -0.3 is 10.0 Å². The molecule has 32 valence electrons. The van der Waals surface area contributed by atoms with Crippen LogP contribution in [0.1, 0.15) is 0 Å². The molecule has 0 spiro atoms. The van der Waals surface area contributed by atoms with Gasteiger partial charge in [-0.15, -0.1) is 12.4 Å². The first-order valence-electron chi connectivity index (χ1n) is 1.09. The zero-order valence-electron chi connectivity index (χ0n) is 2.88. The van der Waals surface area contributed by atoms with E-state index < -0.39 is 7.12 Å². The average Bonchev–Trinajstić information content (AvgIpc) is 0.811. The van der Waals surface area contributed by atoms with Crippen molar-refractivity contribution in [2.24, 2.45) is 0 Å². The van der Waals surface area contributed by atoms with Crippen molar-refractivity contribution in [3.8, 4) is 0 Å². The van der Waals surface area contributed by atoms with Gasteiger partial charge >= 0.3 is 7.12 Å². The van der Waals surface area contributed by atoms with Crippen LogP contribution in [0.25, 0.3) is 0 Å². The lowest BCUT2D eigenvalue weighted by atomic mass is 9.99. The second kappa shape index (κ2) is 4.27. The largest absolute Gasteiger partial charge is 0.448 e. The highest BCUT2D eigenvalue weighted by Crippen LogP contribution is 1.51. The summed E-state index contributed by atoms with van der Waals surface area (Å²) >= 11 is 0. The van der Waals surface area contributed by atoms with Crippen LogP contribution in [0.5, 0.6) is 0 Å². The molecule has 0 radical (unpaired) electrons. The molecule has 0 aromatic heterocycles. The Morgan fingerprint density at radius 3 is 1.40 bits per heavy atom. The quantitative estimate of drug-likeness (QED) is 0.400. The second-order valence-electron chi connectivity index (χ2n) is 0.632. The molecule has 0 aliphatic carbocycles. The Kier molecular flexibility index (Phi) is 7.68. The van der Waals surface area contributed by atoms with Crippen LogP contribution in [0.3, 0.4) is 0 Å². The monoisotopic (exact) mass is 96.0 g/mol. The lowest BCUT2D eigenvalue weighted by molar-refractivity contribution is 0.417. The highest BCUT2D eigenvalue weighted by atomic mass is 35.5. The van der Waals surface area contributed by atoms with Gasteiger partial charge in [0.25, 0.3) is 0 Å². The van der Waals surface area contributed by atoms with Gasteiger partial charge in [0, 0.05) is 0 Å². The first-order chi connectivity index (χ1) is 1.73. The predicted molar refractivity (Wildman–Crippen MR) is 23.3 cm³/mol. The normalized spacial score (nSPS) is 5.40. The maximum atomic E-state index is 7.61. The van der Waals surface area contributed by atoms with E-state index in [2.05, 4.69) is 0 Å². The van der Waals surface area contributed by atoms with Gasteiger partial charge in [0.2, 0.25) is 0 Å². The molecule has 0 fully saturated rings. The fourth-order valence-corrected chi connectivity index (χ4v) is 0. The summed E-state index contributed by atoms with van der Waals surface area (Å²) in [6, 6.07) is 0. The van der Waals surface area contributed by atoms with E-state index in [0.29, 0.717) is 0 Å². The summed E-state index contributed by atoms with van der Waals surface area (Å²) in [5.41, 5.74) is 0. The Morgan fingerprint density at radius 2 is 1.40 bits per heavy atom. The summed E-state index contributed by atoms with van der Waals surface area (Å²) in [4.78, 5) is 0. The fourth-order valence-electron chi connectivity index (χ4n) is 0. The van der Waals surface area contributed by atoms with Crippen LogP contribution >= 0.6 is 12.4 Å². The summed E-state index contributed by atoms with van der Waals surface area (Å²) in [5.74, 6) is 0. The van der Waals surface area contributed by atoms with Gasteiger partial charge in [-0.1, -0.05) is 0 Å². The molecule has 2 N–H and O–H groups in total. The van der Waals surface area contributed by atoms with E-state index in [-0.39, 0.29) is 12.4 Å². The fraction of sp³-hybridized carbons (Fsp3) is 1.00. The zero-order chi connectivity index (χ0) is 3.58. The van der Waals surface area contributed by atoms with Crippen LogP contribution in [0.4, 0.5) is 0 Å². The Labute approximate surface area is 37.4 Å². The van der Waals surface area contributed by atoms with Crippen molar-refractivity contribution in [1.82, 2.24) is 0 Å². The van der Waals surface area contributed by atoms with E-state index in [4.69, 9.17) is 10.0 Å². The number of hydrogen-bond acceptors (Lipinski definition) is 2. The lowest BCUT2D eigenvalue weighted by Gasteiger charge is -1.71. The first kappa shape index (κ1) is 8.99. The van der Waals surface area contributed by atoms with Crippen LogP contribution in [-0.2, 0) is 0 Å². The topological polar surface area (TPSA) is 40.5 Å². The summed E-state index contributed by atoms with van der Waals surface area (Å²) in [6.45, 7) is 1.28. The average molecular weight is 96.3 g/mol. The molecule has 0 aliphatic rings.